The number of aryl methyl sites for hydroxylation is 1. The molecule has 9 heteroatoms. The molecule has 0 aliphatic carbocycles. The summed E-state index contributed by atoms with van der Waals surface area (Å²) in [6.45, 7) is 1.87. The van der Waals surface area contributed by atoms with Crippen molar-refractivity contribution in [3.05, 3.63) is 84.4 Å². The molecule has 0 saturated heterocycles. The van der Waals surface area contributed by atoms with E-state index in [1.54, 1.807) is 54.6 Å². The number of carbonyl (C=O) groups excluding carboxylic acids is 2. The first-order valence-electron chi connectivity index (χ1n) is 8.87. The smallest absolute Gasteiger partial charge is 0.339 e. The molecule has 3 aromatic rings. The average molecular weight is 425 g/mol. The lowest BCUT2D eigenvalue weighted by Gasteiger charge is -2.10. The van der Waals surface area contributed by atoms with Crippen LogP contribution in [0.1, 0.15) is 5.56 Å². The van der Waals surface area contributed by atoms with Crippen LogP contribution < -0.4 is 20.1 Å². The van der Waals surface area contributed by atoms with Gasteiger partial charge in [-0.15, -0.1) is 0 Å². The average Bonchev–Trinajstić information content (AvgIpc) is 2.70. The summed E-state index contributed by atoms with van der Waals surface area (Å²) in [5.74, 6) is 0.175. The maximum atomic E-state index is 12.5. The van der Waals surface area contributed by atoms with E-state index in [-0.39, 0.29) is 16.3 Å². The molecule has 0 fully saturated rings. The maximum Gasteiger partial charge on any atom is 0.339 e. The first kappa shape index (κ1) is 20.9. The lowest BCUT2D eigenvalue weighted by molar-refractivity contribution is 0.240. The molecule has 0 atom stereocenters. The molecule has 0 bridgehead atoms. The van der Waals surface area contributed by atoms with Gasteiger partial charge in [-0.25, -0.2) is 9.59 Å². The molecule has 3 rings (SSSR count). The van der Waals surface area contributed by atoms with Crippen LogP contribution in [0.3, 0.4) is 0 Å². The van der Waals surface area contributed by atoms with E-state index in [2.05, 4.69) is 16.0 Å². The van der Waals surface area contributed by atoms with Crippen LogP contribution >= 0.6 is 0 Å². The molecular weight excluding hydrogens is 406 g/mol. The fourth-order valence-electron chi connectivity index (χ4n) is 2.45. The van der Waals surface area contributed by atoms with E-state index in [1.165, 1.54) is 24.3 Å². The molecule has 4 amide bonds. The number of rotatable bonds is 5. The van der Waals surface area contributed by atoms with Gasteiger partial charge < -0.3 is 14.8 Å². The Hall–Kier alpha value is -3.85. The zero-order valence-corrected chi connectivity index (χ0v) is 16.8. The Morgan fingerprint density at radius 1 is 0.767 bits per heavy atom. The molecule has 0 aliphatic heterocycles. The Balaban J connectivity index is 1.63. The molecule has 0 aromatic heterocycles. The monoisotopic (exact) mass is 425 g/mol. The van der Waals surface area contributed by atoms with Gasteiger partial charge in [0.15, 0.2) is 0 Å². The third-order valence-corrected chi connectivity index (χ3v) is 5.11. The van der Waals surface area contributed by atoms with Crippen LogP contribution in [0.5, 0.6) is 5.75 Å². The minimum absolute atomic E-state index is 0.144. The lowest BCUT2D eigenvalue weighted by atomic mass is 10.2. The zero-order chi connectivity index (χ0) is 21.6. The molecule has 30 heavy (non-hydrogen) atoms. The van der Waals surface area contributed by atoms with Crippen molar-refractivity contribution in [1.29, 1.82) is 0 Å². The van der Waals surface area contributed by atoms with E-state index in [9.17, 15) is 18.0 Å². The summed E-state index contributed by atoms with van der Waals surface area (Å²) >= 11 is 0. The number of benzene rings is 3. The normalized spacial score (nSPS) is 10.7. The summed E-state index contributed by atoms with van der Waals surface area (Å²) < 4.78 is 30.1. The number of amides is 4. The highest BCUT2D eigenvalue weighted by atomic mass is 32.2. The number of urea groups is 2. The number of anilines is 2. The summed E-state index contributed by atoms with van der Waals surface area (Å²) in [6.07, 6.45) is 0. The van der Waals surface area contributed by atoms with Gasteiger partial charge in [-0.05, 0) is 49.4 Å². The summed E-state index contributed by atoms with van der Waals surface area (Å²) in [7, 11) is -4.10. The van der Waals surface area contributed by atoms with Gasteiger partial charge >= 0.3 is 22.2 Å². The van der Waals surface area contributed by atoms with Gasteiger partial charge in [-0.2, -0.15) is 8.42 Å². The second kappa shape index (κ2) is 9.10. The number of hydrogen-bond donors (Lipinski definition) is 3. The number of carbonyl (C=O) groups is 2. The molecule has 8 nitrogen and oxygen atoms in total. The van der Waals surface area contributed by atoms with E-state index in [0.717, 1.165) is 5.56 Å². The second-order valence-corrected chi connectivity index (χ2v) is 7.82. The van der Waals surface area contributed by atoms with Gasteiger partial charge in [0, 0.05) is 11.4 Å². The largest absolute Gasteiger partial charge is 0.379 e. The van der Waals surface area contributed by atoms with E-state index < -0.39 is 22.2 Å². The summed E-state index contributed by atoms with van der Waals surface area (Å²) in [6, 6.07) is 19.1. The van der Waals surface area contributed by atoms with Crippen LogP contribution in [-0.2, 0) is 10.1 Å². The Bertz CT molecular complexity index is 1150. The van der Waals surface area contributed by atoms with E-state index >= 15 is 0 Å². The molecule has 0 heterocycles. The fraction of sp³-hybridized carbons (Fsp3) is 0.0476. The topological polar surface area (TPSA) is 114 Å². The van der Waals surface area contributed by atoms with Gasteiger partial charge in [0.2, 0.25) is 0 Å². The van der Waals surface area contributed by atoms with E-state index in [0.29, 0.717) is 5.69 Å². The SMILES string of the molecule is Cc1ccc(OS(=O)(=O)c2cccc(NC(=O)NC(=O)Nc3ccccc3)c2)cc1. The fourth-order valence-corrected chi connectivity index (χ4v) is 3.42. The van der Waals surface area contributed by atoms with E-state index in [1.807, 2.05) is 6.92 Å². The van der Waals surface area contributed by atoms with Crippen LogP contribution in [0.4, 0.5) is 21.0 Å². The van der Waals surface area contributed by atoms with Gasteiger partial charge in [-0.3, -0.25) is 5.32 Å². The molecular formula is C21H19N3O5S. The maximum absolute atomic E-state index is 12.5. The molecule has 3 aromatic carbocycles. The highest BCUT2D eigenvalue weighted by molar-refractivity contribution is 7.87. The lowest BCUT2D eigenvalue weighted by Crippen LogP contribution is -2.37. The Morgan fingerprint density at radius 3 is 2.03 bits per heavy atom. The van der Waals surface area contributed by atoms with Crippen LogP contribution in [0.15, 0.2) is 83.8 Å². The van der Waals surface area contributed by atoms with Gasteiger partial charge in [0.1, 0.15) is 10.6 Å². The molecule has 0 aliphatic rings. The third kappa shape index (κ3) is 5.82. The minimum Gasteiger partial charge on any atom is -0.379 e. The van der Waals surface area contributed by atoms with Crippen molar-refractivity contribution in [2.24, 2.45) is 0 Å². The van der Waals surface area contributed by atoms with Crippen molar-refractivity contribution < 1.29 is 22.2 Å². The van der Waals surface area contributed by atoms with Crippen molar-refractivity contribution in [2.45, 2.75) is 11.8 Å². The molecule has 0 spiro atoms. The third-order valence-electron chi connectivity index (χ3n) is 3.87. The summed E-state index contributed by atoms with van der Waals surface area (Å²) in [4.78, 5) is 23.8. The van der Waals surface area contributed by atoms with Crippen LogP contribution in [0.2, 0.25) is 0 Å². The van der Waals surface area contributed by atoms with Crippen molar-refractivity contribution >= 4 is 33.6 Å². The summed E-state index contributed by atoms with van der Waals surface area (Å²) in [5.41, 5.74) is 1.66. The van der Waals surface area contributed by atoms with Crippen LogP contribution in [0, 0.1) is 6.92 Å². The zero-order valence-electron chi connectivity index (χ0n) is 16.0. The quantitative estimate of drug-likeness (QED) is 0.532. The molecule has 0 unspecified atom stereocenters. The number of imide groups is 1. The first-order valence-corrected chi connectivity index (χ1v) is 10.3. The number of hydrogen-bond acceptors (Lipinski definition) is 5. The van der Waals surface area contributed by atoms with Crippen molar-refractivity contribution in [2.75, 3.05) is 10.6 Å². The minimum atomic E-state index is -4.10. The van der Waals surface area contributed by atoms with Gasteiger partial charge in [0.05, 0.1) is 0 Å². The van der Waals surface area contributed by atoms with Crippen molar-refractivity contribution in [3.63, 3.8) is 0 Å². The predicted octanol–water partition coefficient (Wildman–Crippen LogP) is 4.12. The molecule has 3 N–H and O–H groups in total. The van der Waals surface area contributed by atoms with Crippen molar-refractivity contribution in [1.82, 2.24) is 5.32 Å². The molecule has 154 valence electrons. The van der Waals surface area contributed by atoms with E-state index in [4.69, 9.17) is 4.18 Å². The van der Waals surface area contributed by atoms with Crippen molar-refractivity contribution in [3.8, 4) is 5.75 Å². The highest BCUT2D eigenvalue weighted by Gasteiger charge is 2.18. The van der Waals surface area contributed by atoms with Gasteiger partial charge in [0.25, 0.3) is 0 Å². The van der Waals surface area contributed by atoms with Gasteiger partial charge in [-0.1, -0.05) is 42.0 Å². The standard InChI is InChI=1S/C21H19N3O5S/c1-15-10-12-18(13-11-15)29-30(27,28)19-9-5-8-17(14-19)23-21(26)24-20(25)22-16-6-3-2-4-7-16/h2-14H,1H3,(H3,22,23,24,25,26). The first-order chi connectivity index (χ1) is 14.3. The second-order valence-electron chi connectivity index (χ2n) is 6.28. The summed E-state index contributed by atoms with van der Waals surface area (Å²) in [5, 5.41) is 7.01. The Labute approximate surface area is 174 Å². The highest BCUT2D eigenvalue weighted by Crippen LogP contribution is 2.21. The predicted molar refractivity (Wildman–Crippen MR) is 113 cm³/mol. The van der Waals surface area contributed by atoms with Crippen LogP contribution in [0.25, 0.3) is 0 Å². The molecule has 0 saturated carbocycles. The number of para-hydroxylation sites is 1. The number of nitrogens with one attached hydrogen (secondary N) is 3. The van der Waals surface area contributed by atoms with Crippen LogP contribution in [-0.4, -0.2) is 20.5 Å². The Kier molecular flexibility index (Phi) is 6.33. The Morgan fingerprint density at radius 2 is 1.37 bits per heavy atom. The molecule has 0 radical (unpaired) electrons.